The lowest BCUT2D eigenvalue weighted by Gasteiger charge is -2.21. The molecule has 0 aliphatic carbocycles. The third-order valence-electron chi connectivity index (χ3n) is 2.56. The molecule has 0 aliphatic heterocycles. The lowest BCUT2D eigenvalue weighted by atomic mass is 10.2. The number of aromatic hydroxyl groups is 1. The molecule has 2 N–H and O–H groups in total. The normalized spacial score (nSPS) is 12.1. The molecule has 1 rings (SSSR count). The highest BCUT2D eigenvalue weighted by molar-refractivity contribution is 7.90. The molecule has 6 heteroatoms. The van der Waals surface area contributed by atoms with Crippen molar-refractivity contribution in [1.29, 1.82) is 0 Å². The van der Waals surface area contributed by atoms with Gasteiger partial charge in [0.25, 0.3) is 0 Å². The molecular formula is C11H18N2O3S. The van der Waals surface area contributed by atoms with Gasteiger partial charge in [-0.1, -0.05) is 6.07 Å². The number of hydrogen-bond donors (Lipinski definition) is 2. The SMILES string of the molecule is Cc1ccc(NS(=O)(=O)N(C)C(C)C)cc1O. The van der Waals surface area contributed by atoms with Gasteiger partial charge in [0, 0.05) is 19.2 Å². The molecule has 0 heterocycles. The lowest BCUT2D eigenvalue weighted by Crippen LogP contribution is -2.37. The van der Waals surface area contributed by atoms with Crippen molar-refractivity contribution in [2.24, 2.45) is 0 Å². The van der Waals surface area contributed by atoms with Crippen molar-refractivity contribution in [3.05, 3.63) is 23.8 Å². The first-order chi connectivity index (χ1) is 7.74. The summed E-state index contributed by atoms with van der Waals surface area (Å²) in [4.78, 5) is 0. The number of phenolic OH excluding ortho intramolecular Hbond substituents is 1. The fourth-order valence-corrected chi connectivity index (χ4v) is 2.30. The van der Waals surface area contributed by atoms with Crippen LogP contribution in [0.4, 0.5) is 5.69 Å². The summed E-state index contributed by atoms with van der Waals surface area (Å²) < 4.78 is 27.4. The number of nitrogens with one attached hydrogen (secondary N) is 1. The van der Waals surface area contributed by atoms with Gasteiger partial charge >= 0.3 is 10.2 Å². The monoisotopic (exact) mass is 258 g/mol. The number of aryl methyl sites for hydroxylation is 1. The molecule has 0 atom stereocenters. The molecule has 5 nitrogen and oxygen atoms in total. The van der Waals surface area contributed by atoms with Gasteiger partial charge in [-0.3, -0.25) is 4.72 Å². The maximum atomic E-state index is 11.9. The van der Waals surface area contributed by atoms with Crippen molar-refractivity contribution in [3.63, 3.8) is 0 Å². The third-order valence-corrected chi connectivity index (χ3v) is 4.24. The first-order valence-corrected chi connectivity index (χ1v) is 6.73. The van der Waals surface area contributed by atoms with Gasteiger partial charge < -0.3 is 5.11 Å². The van der Waals surface area contributed by atoms with E-state index < -0.39 is 10.2 Å². The van der Waals surface area contributed by atoms with E-state index in [0.717, 1.165) is 0 Å². The highest BCUT2D eigenvalue weighted by Gasteiger charge is 2.20. The van der Waals surface area contributed by atoms with E-state index in [1.807, 2.05) is 0 Å². The van der Waals surface area contributed by atoms with E-state index in [4.69, 9.17) is 0 Å². The second-order valence-electron chi connectivity index (χ2n) is 4.22. The number of nitrogens with zero attached hydrogens (tertiary/aromatic N) is 1. The molecule has 17 heavy (non-hydrogen) atoms. The van der Waals surface area contributed by atoms with Crippen LogP contribution < -0.4 is 4.72 Å². The predicted octanol–water partition coefficient (Wildman–Crippen LogP) is 1.70. The molecule has 0 aromatic heterocycles. The molecule has 0 saturated carbocycles. The topological polar surface area (TPSA) is 69.6 Å². The minimum absolute atomic E-state index is 0.0670. The Kier molecular flexibility index (Phi) is 4.00. The molecule has 1 aromatic rings. The van der Waals surface area contributed by atoms with Gasteiger partial charge in [0.05, 0.1) is 5.69 Å². The Morgan fingerprint density at radius 3 is 2.41 bits per heavy atom. The van der Waals surface area contributed by atoms with Crippen LogP contribution in [0.5, 0.6) is 5.75 Å². The summed E-state index contributed by atoms with van der Waals surface area (Å²) in [6.07, 6.45) is 0. The second kappa shape index (κ2) is 4.93. The molecule has 0 fully saturated rings. The van der Waals surface area contributed by atoms with Crippen LogP contribution in [0.3, 0.4) is 0 Å². The molecule has 0 saturated heterocycles. The highest BCUT2D eigenvalue weighted by Crippen LogP contribution is 2.22. The fourth-order valence-electron chi connectivity index (χ4n) is 1.17. The zero-order valence-electron chi connectivity index (χ0n) is 10.4. The molecule has 0 unspecified atom stereocenters. The van der Waals surface area contributed by atoms with Crippen molar-refractivity contribution in [1.82, 2.24) is 4.31 Å². The molecule has 0 radical (unpaired) electrons. The fraction of sp³-hybridized carbons (Fsp3) is 0.455. The molecule has 0 aliphatic rings. The van der Waals surface area contributed by atoms with Gasteiger partial charge in [0.1, 0.15) is 5.75 Å². The number of anilines is 1. The van der Waals surface area contributed by atoms with Crippen molar-refractivity contribution >= 4 is 15.9 Å². The molecular weight excluding hydrogens is 240 g/mol. The molecule has 96 valence electrons. The van der Waals surface area contributed by atoms with Crippen LogP contribution in [0.1, 0.15) is 19.4 Å². The van der Waals surface area contributed by atoms with Gasteiger partial charge in [-0.2, -0.15) is 12.7 Å². The minimum Gasteiger partial charge on any atom is -0.508 e. The summed E-state index contributed by atoms with van der Waals surface area (Å²) in [5.41, 5.74) is 1.05. The van der Waals surface area contributed by atoms with E-state index in [-0.39, 0.29) is 11.8 Å². The van der Waals surface area contributed by atoms with Gasteiger partial charge in [-0.05, 0) is 32.4 Å². The van der Waals surface area contributed by atoms with E-state index in [9.17, 15) is 13.5 Å². The van der Waals surface area contributed by atoms with Crippen molar-refractivity contribution < 1.29 is 13.5 Å². The summed E-state index contributed by atoms with van der Waals surface area (Å²) in [6.45, 7) is 5.31. The number of rotatable bonds is 4. The predicted molar refractivity (Wildman–Crippen MR) is 68.3 cm³/mol. The standard InChI is InChI=1S/C11H18N2O3S/c1-8(2)13(4)17(15,16)12-10-6-5-9(3)11(14)7-10/h5-8,12,14H,1-4H3. The zero-order chi connectivity index (χ0) is 13.2. The Labute approximate surface area is 102 Å². The van der Waals surface area contributed by atoms with Crippen molar-refractivity contribution in [2.45, 2.75) is 26.8 Å². The van der Waals surface area contributed by atoms with Crippen LogP contribution >= 0.6 is 0 Å². The van der Waals surface area contributed by atoms with Crippen LogP contribution in [-0.4, -0.2) is 30.9 Å². The first-order valence-electron chi connectivity index (χ1n) is 5.29. The van der Waals surface area contributed by atoms with E-state index >= 15 is 0 Å². The molecule has 0 spiro atoms. The Bertz CT molecular complexity index is 497. The van der Waals surface area contributed by atoms with E-state index in [2.05, 4.69) is 4.72 Å². The van der Waals surface area contributed by atoms with Gasteiger partial charge in [0.2, 0.25) is 0 Å². The van der Waals surface area contributed by atoms with Gasteiger partial charge in [-0.15, -0.1) is 0 Å². The number of hydrogen-bond acceptors (Lipinski definition) is 3. The molecule has 0 amide bonds. The Hall–Kier alpha value is -1.27. The van der Waals surface area contributed by atoms with Crippen LogP contribution in [0.25, 0.3) is 0 Å². The van der Waals surface area contributed by atoms with E-state index in [1.54, 1.807) is 32.9 Å². The van der Waals surface area contributed by atoms with E-state index in [0.29, 0.717) is 11.3 Å². The van der Waals surface area contributed by atoms with Crippen LogP contribution in [0.2, 0.25) is 0 Å². The minimum atomic E-state index is -3.57. The average Bonchev–Trinajstić information content (AvgIpc) is 2.22. The summed E-state index contributed by atoms with van der Waals surface area (Å²) in [5.74, 6) is 0.0670. The summed E-state index contributed by atoms with van der Waals surface area (Å²) in [6, 6.07) is 4.52. The quantitative estimate of drug-likeness (QED) is 0.863. The largest absolute Gasteiger partial charge is 0.508 e. The van der Waals surface area contributed by atoms with Crippen LogP contribution in [0.15, 0.2) is 18.2 Å². The Morgan fingerprint density at radius 1 is 1.35 bits per heavy atom. The molecule has 1 aromatic carbocycles. The highest BCUT2D eigenvalue weighted by atomic mass is 32.2. The third kappa shape index (κ3) is 3.34. The second-order valence-corrected chi connectivity index (χ2v) is 5.95. The van der Waals surface area contributed by atoms with Crippen LogP contribution in [-0.2, 0) is 10.2 Å². The smallest absolute Gasteiger partial charge is 0.301 e. The summed E-state index contributed by atoms with van der Waals surface area (Å²) in [5, 5.41) is 9.50. The maximum absolute atomic E-state index is 11.9. The average molecular weight is 258 g/mol. The van der Waals surface area contributed by atoms with E-state index in [1.165, 1.54) is 17.4 Å². The molecule has 0 bridgehead atoms. The van der Waals surface area contributed by atoms with Crippen molar-refractivity contribution in [3.8, 4) is 5.75 Å². The maximum Gasteiger partial charge on any atom is 0.301 e. The summed E-state index contributed by atoms with van der Waals surface area (Å²) >= 11 is 0. The number of phenols is 1. The first kappa shape index (κ1) is 13.8. The summed E-state index contributed by atoms with van der Waals surface area (Å²) in [7, 11) is -2.07. The van der Waals surface area contributed by atoms with Gasteiger partial charge in [0.15, 0.2) is 0 Å². The Balaban J connectivity index is 2.94. The van der Waals surface area contributed by atoms with Crippen molar-refractivity contribution in [2.75, 3.05) is 11.8 Å². The lowest BCUT2D eigenvalue weighted by molar-refractivity contribution is 0.414. The zero-order valence-corrected chi connectivity index (χ0v) is 11.2. The van der Waals surface area contributed by atoms with Gasteiger partial charge in [-0.25, -0.2) is 0 Å². The van der Waals surface area contributed by atoms with Crippen LogP contribution in [0, 0.1) is 6.92 Å². The Morgan fingerprint density at radius 2 is 1.94 bits per heavy atom. The number of benzene rings is 1.